The first-order valence-electron chi connectivity index (χ1n) is 12.9. The predicted molar refractivity (Wildman–Crippen MR) is 124 cm³/mol. The van der Waals surface area contributed by atoms with E-state index in [1.807, 2.05) is 0 Å². The van der Waals surface area contributed by atoms with Crippen molar-refractivity contribution in [2.45, 2.75) is 95.0 Å². The number of hydrogen-bond acceptors (Lipinski definition) is 5. The van der Waals surface area contributed by atoms with E-state index in [1.54, 1.807) is 12.1 Å². The number of carbonyl (C=O) groups excluding carboxylic acids is 3. The Balaban J connectivity index is 1.26. The van der Waals surface area contributed by atoms with Gasteiger partial charge in [-0.25, -0.2) is 13.2 Å². The smallest absolute Gasteiger partial charge is 0.255 e. The zero-order chi connectivity index (χ0) is 25.4. The highest BCUT2D eigenvalue weighted by Crippen LogP contribution is 2.33. The van der Waals surface area contributed by atoms with Gasteiger partial charge in [-0.05, 0) is 56.6 Å². The van der Waals surface area contributed by atoms with Gasteiger partial charge in [0.05, 0.1) is 12.6 Å². The van der Waals surface area contributed by atoms with Crippen molar-refractivity contribution in [2.24, 2.45) is 5.92 Å². The highest BCUT2D eigenvalue weighted by Gasteiger charge is 2.41. The molecule has 0 radical (unpaired) electrons. The number of nitrogens with one attached hydrogen (secondary N) is 2. The van der Waals surface area contributed by atoms with Gasteiger partial charge in [-0.15, -0.1) is 0 Å². The number of halogens is 3. The summed E-state index contributed by atoms with van der Waals surface area (Å²) < 4.78 is 47.6. The molecule has 1 saturated carbocycles. The third-order valence-electron chi connectivity index (χ3n) is 8.17. The van der Waals surface area contributed by atoms with Crippen LogP contribution in [0.15, 0.2) is 12.1 Å². The Morgan fingerprint density at radius 2 is 1.86 bits per heavy atom. The fraction of sp³-hybridized carbons (Fsp3) is 0.654. The third kappa shape index (κ3) is 5.02. The fourth-order valence-corrected chi connectivity index (χ4v) is 6.10. The molecule has 4 aliphatic rings. The standard InChI is InChI=1S/C26H32F3N3O4/c27-23-15(5-8-17-18(23)13-32(26(17)35)20-9-10-22(33)31-25(20)34)12-21-19(2-1-11-36-21)30-16-6-3-14(4-7-16)24(28)29/h5,8,14,16,19-21,24,30H,1-4,6-7,9-13H2,(H,31,33,34)/t14-,16+,19-,20-,21+/m0/s1. The van der Waals surface area contributed by atoms with Crippen LogP contribution in [0.1, 0.15) is 72.9 Å². The van der Waals surface area contributed by atoms with E-state index in [0.717, 1.165) is 12.8 Å². The van der Waals surface area contributed by atoms with Crippen LogP contribution in [-0.2, 0) is 27.3 Å². The molecule has 1 aliphatic carbocycles. The van der Waals surface area contributed by atoms with E-state index >= 15 is 4.39 Å². The molecule has 1 aromatic carbocycles. The van der Waals surface area contributed by atoms with Gasteiger partial charge in [-0.3, -0.25) is 19.7 Å². The molecule has 1 aromatic rings. The van der Waals surface area contributed by atoms with Crippen LogP contribution >= 0.6 is 0 Å². The van der Waals surface area contributed by atoms with Gasteiger partial charge in [0.25, 0.3) is 5.91 Å². The second kappa shape index (κ2) is 10.5. The van der Waals surface area contributed by atoms with E-state index in [-0.39, 0.29) is 54.6 Å². The molecule has 36 heavy (non-hydrogen) atoms. The number of imide groups is 1. The Labute approximate surface area is 208 Å². The SMILES string of the molecule is O=C1CC[C@H](N2Cc3c(ccc(C[C@H]4OCCC[C@@H]4N[C@H]4CC[C@@H](C(F)F)CC4)c3F)C2=O)C(=O)N1. The minimum absolute atomic E-state index is 0.00102. The van der Waals surface area contributed by atoms with Crippen molar-refractivity contribution in [1.82, 2.24) is 15.5 Å². The largest absolute Gasteiger partial charge is 0.376 e. The Kier molecular flexibility index (Phi) is 7.35. The van der Waals surface area contributed by atoms with Crippen molar-refractivity contribution >= 4 is 17.7 Å². The molecular weight excluding hydrogens is 475 g/mol. The van der Waals surface area contributed by atoms with Crippen molar-refractivity contribution < 1.29 is 32.3 Å². The van der Waals surface area contributed by atoms with Gasteiger partial charge < -0.3 is 15.0 Å². The van der Waals surface area contributed by atoms with Gasteiger partial charge in [0, 0.05) is 48.6 Å². The van der Waals surface area contributed by atoms with Crippen LogP contribution in [0.3, 0.4) is 0 Å². The van der Waals surface area contributed by atoms with E-state index < -0.39 is 36.0 Å². The number of hydrogen-bond donors (Lipinski definition) is 2. The summed E-state index contributed by atoms with van der Waals surface area (Å²) in [5, 5.41) is 5.85. The number of carbonyl (C=O) groups is 3. The van der Waals surface area contributed by atoms with Crippen LogP contribution in [0.2, 0.25) is 0 Å². The summed E-state index contributed by atoms with van der Waals surface area (Å²) in [5.74, 6) is -2.28. The average molecular weight is 508 g/mol. The monoisotopic (exact) mass is 507 g/mol. The maximum Gasteiger partial charge on any atom is 0.255 e. The predicted octanol–water partition coefficient (Wildman–Crippen LogP) is 3.09. The number of alkyl halides is 2. The fourth-order valence-electron chi connectivity index (χ4n) is 6.10. The van der Waals surface area contributed by atoms with Crippen LogP contribution in [-0.4, -0.2) is 59.9 Å². The lowest BCUT2D eigenvalue weighted by Gasteiger charge is -2.37. The van der Waals surface area contributed by atoms with Gasteiger partial charge in [0.2, 0.25) is 18.2 Å². The maximum atomic E-state index is 15.6. The number of rotatable bonds is 6. The highest BCUT2D eigenvalue weighted by molar-refractivity contribution is 6.05. The maximum absolute atomic E-state index is 15.6. The topological polar surface area (TPSA) is 87.7 Å². The summed E-state index contributed by atoms with van der Waals surface area (Å²) >= 11 is 0. The Bertz CT molecular complexity index is 1030. The molecule has 0 spiro atoms. The first-order valence-corrected chi connectivity index (χ1v) is 12.9. The van der Waals surface area contributed by atoms with Crippen molar-refractivity contribution in [3.05, 3.63) is 34.6 Å². The Morgan fingerprint density at radius 1 is 1.08 bits per heavy atom. The van der Waals surface area contributed by atoms with Gasteiger partial charge in [0.15, 0.2) is 0 Å². The molecule has 10 heteroatoms. The first kappa shape index (κ1) is 25.2. The molecule has 7 nitrogen and oxygen atoms in total. The van der Waals surface area contributed by atoms with Gasteiger partial charge in [0.1, 0.15) is 11.9 Å². The zero-order valence-corrected chi connectivity index (χ0v) is 20.1. The Morgan fingerprint density at radius 3 is 2.58 bits per heavy atom. The van der Waals surface area contributed by atoms with Crippen LogP contribution in [0.5, 0.6) is 0 Å². The molecule has 5 rings (SSSR count). The number of fused-ring (bicyclic) bond motifs is 1. The quantitative estimate of drug-likeness (QED) is 0.578. The number of nitrogens with zero attached hydrogens (tertiary/aromatic N) is 1. The number of piperidine rings is 1. The zero-order valence-electron chi connectivity index (χ0n) is 20.1. The number of ether oxygens (including phenoxy) is 1. The number of amides is 3. The van der Waals surface area contributed by atoms with Crippen LogP contribution in [0.25, 0.3) is 0 Å². The lowest BCUT2D eigenvalue weighted by molar-refractivity contribution is -0.136. The van der Waals surface area contributed by atoms with Gasteiger partial charge >= 0.3 is 0 Å². The summed E-state index contributed by atoms with van der Waals surface area (Å²) in [4.78, 5) is 38.0. The molecule has 0 bridgehead atoms. The van der Waals surface area contributed by atoms with Crippen LogP contribution in [0.4, 0.5) is 13.2 Å². The van der Waals surface area contributed by atoms with Crippen molar-refractivity contribution in [2.75, 3.05) is 6.61 Å². The van der Waals surface area contributed by atoms with Crippen molar-refractivity contribution in [1.29, 1.82) is 0 Å². The van der Waals surface area contributed by atoms with Gasteiger partial charge in [-0.2, -0.15) is 0 Å². The third-order valence-corrected chi connectivity index (χ3v) is 8.17. The summed E-state index contributed by atoms with van der Waals surface area (Å²) in [6.07, 6.45) is 2.32. The lowest BCUT2D eigenvalue weighted by atomic mass is 9.85. The van der Waals surface area contributed by atoms with Gasteiger partial charge in [-0.1, -0.05) is 6.07 Å². The number of benzene rings is 1. The normalized spacial score (nSPS) is 31.1. The molecular formula is C26H32F3N3O4. The van der Waals surface area contributed by atoms with E-state index in [4.69, 9.17) is 4.74 Å². The molecule has 0 aromatic heterocycles. The molecule has 2 N–H and O–H groups in total. The molecule has 3 heterocycles. The summed E-state index contributed by atoms with van der Waals surface area (Å²) in [6.45, 7) is 0.565. The minimum atomic E-state index is -2.27. The Hall–Kier alpha value is -2.46. The highest BCUT2D eigenvalue weighted by atomic mass is 19.3. The van der Waals surface area contributed by atoms with Crippen LogP contribution in [0, 0.1) is 11.7 Å². The summed E-state index contributed by atoms with van der Waals surface area (Å²) in [7, 11) is 0. The average Bonchev–Trinajstić information content (AvgIpc) is 3.19. The molecule has 3 fully saturated rings. The van der Waals surface area contributed by atoms with E-state index in [9.17, 15) is 23.2 Å². The second-order valence-corrected chi connectivity index (χ2v) is 10.4. The minimum Gasteiger partial charge on any atom is -0.376 e. The second-order valence-electron chi connectivity index (χ2n) is 10.4. The van der Waals surface area contributed by atoms with E-state index in [0.29, 0.717) is 44.3 Å². The molecule has 2 saturated heterocycles. The first-order chi connectivity index (χ1) is 17.3. The lowest BCUT2D eigenvalue weighted by Crippen LogP contribution is -2.52. The molecule has 3 aliphatic heterocycles. The summed E-state index contributed by atoms with van der Waals surface area (Å²) in [6, 6.07) is 2.59. The molecule has 0 unspecified atom stereocenters. The van der Waals surface area contributed by atoms with Crippen LogP contribution < -0.4 is 10.6 Å². The van der Waals surface area contributed by atoms with Crippen molar-refractivity contribution in [3.63, 3.8) is 0 Å². The molecule has 196 valence electrons. The van der Waals surface area contributed by atoms with E-state index in [2.05, 4.69) is 10.6 Å². The molecule has 3 atom stereocenters. The van der Waals surface area contributed by atoms with E-state index in [1.165, 1.54) is 4.90 Å². The summed E-state index contributed by atoms with van der Waals surface area (Å²) in [5.41, 5.74) is 0.968. The molecule has 3 amide bonds. The van der Waals surface area contributed by atoms with Crippen molar-refractivity contribution in [3.8, 4) is 0 Å².